The first kappa shape index (κ1) is 22.3. The van der Waals surface area contributed by atoms with E-state index in [1.807, 2.05) is 62.4 Å². The molecule has 3 rings (SSSR count). The second kappa shape index (κ2) is 10.6. The van der Waals surface area contributed by atoms with Crippen LogP contribution in [0.5, 0.6) is 0 Å². The van der Waals surface area contributed by atoms with Gasteiger partial charge in [0.15, 0.2) is 0 Å². The molecule has 7 heteroatoms. The number of anilines is 1. The van der Waals surface area contributed by atoms with Crippen LogP contribution in [0.25, 0.3) is 0 Å². The third kappa shape index (κ3) is 5.85. The summed E-state index contributed by atoms with van der Waals surface area (Å²) in [5, 5.41) is 3.71. The Morgan fingerprint density at radius 2 is 2.00 bits per heavy atom. The molecule has 1 atom stereocenters. The Bertz CT molecular complexity index is 1070. The molecule has 0 unspecified atom stereocenters. The summed E-state index contributed by atoms with van der Waals surface area (Å²) < 4.78 is 0. The number of nitrogens with one attached hydrogen (secondary N) is 1. The molecule has 1 N–H and O–H groups in total. The minimum atomic E-state index is -0.275. The molecule has 0 bridgehead atoms. The van der Waals surface area contributed by atoms with Crippen LogP contribution in [0.1, 0.15) is 24.5 Å². The van der Waals surface area contributed by atoms with E-state index in [9.17, 15) is 4.79 Å². The number of benzene rings is 2. The van der Waals surface area contributed by atoms with Crippen LogP contribution in [0.2, 0.25) is 10.2 Å². The number of amides is 1. The first-order chi connectivity index (χ1) is 14.5. The van der Waals surface area contributed by atoms with E-state index in [2.05, 4.69) is 15.3 Å². The van der Waals surface area contributed by atoms with Crippen LogP contribution < -0.4 is 5.32 Å². The quantitative estimate of drug-likeness (QED) is 0.237. The van der Waals surface area contributed by atoms with Gasteiger partial charge in [-0.05, 0) is 55.3 Å². The Morgan fingerprint density at radius 1 is 1.20 bits per heavy atom. The van der Waals surface area contributed by atoms with Crippen molar-refractivity contribution in [1.82, 2.24) is 4.98 Å². The molecule has 1 aromatic heterocycles. The van der Waals surface area contributed by atoms with Gasteiger partial charge in [0.25, 0.3) is 0 Å². The third-order valence-electron chi connectivity index (χ3n) is 4.37. The molecule has 1 amide bonds. The molecule has 0 fully saturated rings. The van der Waals surface area contributed by atoms with Gasteiger partial charge in [-0.3, -0.25) is 9.79 Å². The first-order valence-electron chi connectivity index (χ1n) is 9.45. The fourth-order valence-electron chi connectivity index (χ4n) is 2.67. The number of nitrogens with zero attached hydrogens (tertiary/aromatic N) is 2. The number of aromatic nitrogens is 1. The van der Waals surface area contributed by atoms with Crippen molar-refractivity contribution >= 4 is 58.5 Å². The molecule has 3 aromatic rings. The maximum atomic E-state index is 12.8. The zero-order chi connectivity index (χ0) is 21.5. The molecule has 0 saturated heterocycles. The van der Waals surface area contributed by atoms with Gasteiger partial charge in [-0.15, -0.1) is 11.8 Å². The van der Waals surface area contributed by atoms with Gasteiger partial charge in [0.05, 0.1) is 10.9 Å². The number of pyridine rings is 1. The summed E-state index contributed by atoms with van der Waals surface area (Å²) in [6, 6.07) is 16.9. The Kier molecular flexibility index (Phi) is 7.91. The number of para-hydroxylation sites is 1. The van der Waals surface area contributed by atoms with E-state index in [0.717, 1.165) is 21.7 Å². The minimum absolute atomic E-state index is 0.0727. The summed E-state index contributed by atoms with van der Waals surface area (Å²) in [6.45, 7) is 3.91. The number of carbonyl (C=O) groups excluding carboxylic acids is 1. The molecular formula is C23H21Cl2N3OS. The minimum Gasteiger partial charge on any atom is -0.325 e. The number of hydrogen-bond donors (Lipinski definition) is 1. The lowest BCUT2D eigenvalue weighted by Gasteiger charge is -2.16. The van der Waals surface area contributed by atoms with Gasteiger partial charge in [0, 0.05) is 33.6 Å². The molecule has 0 aliphatic rings. The van der Waals surface area contributed by atoms with Crippen LogP contribution in [0.4, 0.5) is 11.4 Å². The maximum absolute atomic E-state index is 12.8. The second-order valence-corrected chi connectivity index (χ2v) is 8.59. The van der Waals surface area contributed by atoms with E-state index in [1.54, 1.807) is 18.5 Å². The summed E-state index contributed by atoms with van der Waals surface area (Å²) in [5.74, 6) is -0.0727. The summed E-state index contributed by atoms with van der Waals surface area (Å²) in [5.41, 5.74) is 3.16. The highest BCUT2D eigenvalue weighted by Gasteiger charge is 2.19. The van der Waals surface area contributed by atoms with Crippen LogP contribution in [0, 0.1) is 6.92 Å². The fourth-order valence-corrected chi connectivity index (χ4v) is 4.05. The molecule has 0 aliphatic heterocycles. The number of rotatable bonds is 7. The highest BCUT2D eigenvalue weighted by Crippen LogP contribution is 2.34. The molecule has 0 spiro atoms. The van der Waals surface area contributed by atoms with Gasteiger partial charge in [-0.2, -0.15) is 0 Å². The van der Waals surface area contributed by atoms with E-state index in [-0.39, 0.29) is 11.2 Å². The average Bonchev–Trinajstić information content (AvgIpc) is 2.74. The smallest absolute Gasteiger partial charge is 0.237 e. The van der Waals surface area contributed by atoms with Gasteiger partial charge < -0.3 is 5.32 Å². The zero-order valence-corrected chi connectivity index (χ0v) is 18.9. The average molecular weight is 458 g/mol. The zero-order valence-electron chi connectivity index (χ0n) is 16.6. The Balaban J connectivity index is 1.76. The van der Waals surface area contributed by atoms with Crippen molar-refractivity contribution in [1.29, 1.82) is 0 Å². The number of aliphatic imine (C=N–C) groups is 1. The van der Waals surface area contributed by atoms with E-state index >= 15 is 0 Å². The molecule has 0 aliphatic carbocycles. The van der Waals surface area contributed by atoms with Gasteiger partial charge in [-0.25, -0.2) is 4.98 Å². The van der Waals surface area contributed by atoms with Crippen LogP contribution in [-0.4, -0.2) is 22.4 Å². The summed E-state index contributed by atoms with van der Waals surface area (Å²) >= 11 is 13.8. The monoisotopic (exact) mass is 457 g/mol. The van der Waals surface area contributed by atoms with E-state index in [4.69, 9.17) is 23.2 Å². The molecule has 0 saturated carbocycles. The highest BCUT2D eigenvalue weighted by molar-refractivity contribution is 8.00. The van der Waals surface area contributed by atoms with Crippen molar-refractivity contribution in [2.75, 3.05) is 5.32 Å². The van der Waals surface area contributed by atoms with E-state index in [0.29, 0.717) is 22.3 Å². The number of thioether (sulfide) groups is 1. The normalized spacial score (nSPS) is 12.1. The van der Waals surface area contributed by atoms with Crippen molar-refractivity contribution in [2.24, 2.45) is 4.99 Å². The SMILES string of the molecule is CC[C@H](Sc1ccccc1N=Cc1cccnc1Cl)C(=O)Nc1ccc(C)c(Cl)c1. The Hall–Kier alpha value is -2.34. The lowest BCUT2D eigenvalue weighted by molar-refractivity contribution is -0.115. The molecule has 154 valence electrons. The van der Waals surface area contributed by atoms with Crippen LogP contribution >= 0.6 is 35.0 Å². The first-order valence-corrected chi connectivity index (χ1v) is 11.1. The number of aryl methyl sites for hydroxylation is 1. The van der Waals surface area contributed by atoms with Crippen LogP contribution in [0.3, 0.4) is 0 Å². The summed E-state index contributed by atoms with van der Waals surface area (Å²) in [4.78, 5) is 22.4. The maximum Gasteiger partial charge on any atom is 0.237 e. The van der Waals surface area contributed by atoms with Gasteiger partial charge in [0.2, 0.25) is 5.91 Å². The van der Waals surface area contributed by atoms with Crippen molar-refractivity contribution in [3.8, 4) is 0 Å². The lowest BCUT2D eigenvalue weighted by Crippen LogP contribution is -2.24. The third-order valence-corrected chi connectivity index (χ3v) is 6.52. The van der Waals surface area contributed by atoms with Crippen molar-refractivity contribution in [3.05, 3.63) is 82.1 Å². The molecular weight excluding hydrogens is 437 g/mol. The molecule has 4 nitrogen and oxygen atoms in total. The van der Waals surface area contributed by atoms with Crippen LogP contribution in [-0.2, 0) is 4.79 Å². The second-order valence-electron chi connectivity index (χ2n) is 6.58. The van der Waals surface area contributed by atoms with E-state index in [1.165, 1.54) is 11.8 Å². The van der Waals surface area contributed by atoms with Crippen LogP contribution in [0.15, 0.2) is 70.7 Å². The number of carbonyl (C=O) groups is 1. The Labute approximate surface area is 190 Å². The predicted molar refractivity (Wildman–Crippen MR) is 128 cm³/mol. The molecule has 2 aromatic carbocycles. The van der Waals surface area contributed by atoms with Crippen molar-refractivity contribution in [3.63, 3.8) is 0 Å². The van der Waals surface area contributed by atoms with E-state index < -0.39 is 0 Å². The fraction of sp³-hybridized carbons (Fsp3) is 0.174. The lowest BCUT2D eigenvalue weighted by atomic mass is 10.2. The van der Waals surface area contributed by atoms with Crippen molar-refractivity contribution < 1.29 is 4.79 Å². The van der Waals surface area contributed by atoms with Crippen molar-refractivity contribution in [2.45, 2.75) is 30.4 Å². The molecule has 0 radical (unpaired) electrons. The van der Waals surface area contributed by atoms with Gasteiger partial charge in [0.1, 0.15) is 5.15 Å². The predicted octanol–water partition coefficient (Wildman–Crippen LogP) is 6.96. The highest BCUT2D eigenvalue weighted by atomic mass is 35.5. The largest absolute Gasteiger partial charge is 0.325 e. The molecule has 1 heterocycles. The van der Waals surface area contributed by atoms with Gasteiger partial charge in [-0.1, -0.05) is 48.3 Å². The topological polar surface area (TPSA) is 54.4 Å². The standard InChI is InChI=1S/C23H21Cl2N3OS/c1-3-20(23(29)28-17-11-10-15(2)18(24)13-17)30-21-9-5-4-8-19(21)27-14-16-7-6-12-26-22(16)25/h4-14,20H,3H2,1-2H3,(H,28,29)/t20-/m0/s1. The summed E-state index contributed by atoms with van der Waals surface area (Å²) in [7, 11) is 0. The number of hydrogen-bond acceptors (Lipinski definition) is 4. The Morgan fingerprint density at radius 3 is 2.73 bits per heavy atom. The summed E-state index contributed by atoms with van der Waals surface area (Å²) in [6.07, 6.45) is 3.99. The molecule has 30 heavy (non-hydrogen) atoms. The number of halogens is 2. The van der Waals surface area contributed by atoms with Gasteiger partial charge >= 0.3 is 0 Å².